The van der Waals surface area contributed by atoms with Crippen LogP contribution in [0.4, 0.5) is 11.4 Å². The Labute approximate surface area is 191 Å². The number of benzene rings is 2. The van der Waals surface area contributed by atoms with E-state index in [1.807, 2.05) is 46.1 Å². The van der Waals surface area contributed by atoms with Crippen LogP contribution in [0.1, 0.15) is 22.7 Å². The van der Waals surface area contributed by atoms with Crippen molar-refractivity contribution in [1.29, 1.82) is 0 Å². The van der Waals surface area contributed by atoms with Crippen LogP contribution in [-0.4, -0.2) is 75.5 Å². The van der Waals surface area contributed by atoms with Crippen molar-refractivity contribution in [3.8, 4) is 0 Å². The molecule has 0 bridgehead atoms. The van der Waals surface area contributed by atoms with E-state index in [-0.39, 0.29) is 6.04 Å². The van der Waals surface area contributed by atoms with Crippen LogP contribution >= 0.6 is 0 Å². The van der Waals surface area contributed by atoms with Crippen LogP contribution in [0.2, 0.25) is 0 Å². The van der Waals surface area contributed by atoms with E-state index in [0.717, 1.165) is 48.6 Å². The van der Waals surface area contributed by atoms with Gasteiger partial charge in [0.15, 0.2) is 0 Å². The van der Waals surface area contributed by atoms with Crippen LogP contribution in [0.5, 0.6) is 0 Å². The van der Waals surface area contributed by atoms with Gasteiger partial charge in [0, 0.05) is 58.2 Å². The fraction of sp³-hybridized carbons (Fsp3) is 0.440. The summed E-state index contributed by atoms with van der Waals surface area (Å²) in [7, 11) is 6.15. The first kappa shape index (κ1) is 23.8. The largest absolute Gasteiger partial charge is 0.378 e. The van der Waals surface area contributed by atoms with Crippen molar-refractivity contribution in [3.63, 3.8) is 0 Å². The number of hydrogen-bond acceptors (Lipinski definition) is 5. The van der Waals surface area contributed by atoms with Crippen molar-refractivity contribution in [1.82, 2.24) is 15.1 Å². The SMILES string of the molecule is Cc1cccc(NC(=O)C(=O)NC[C@H](c2ccc(N(C)C)cc2)N2CCN(C)CC2)c1C. The zero-order valence-corrected chi connectivity index (χ0v) is 19.8. The molecule has 2 aromatic carbocycles. The normalized spacial score (nSPS) is 15.8. The van der Waals surface area contributed by atoms with Crippen LogP contribution in [0.3, 0.4) is 0 Å². The third kappa shape index (κ3) is 5.87. The molecule has 1 aliphatic heterocycles. The first-order valence-electron chi connectivity index (χ1n) is 11.1. The van der Waals surface area contributed by atoms with Gasteiger partial charge in [-0.15, -0.1) is 0 Å². The standard InChI is InChI=1S/C25H35N5O2/c1-18-7-6-8-22(19(18)2)27-25(32)24(31)26-17-23(30-15-13-29(5)14-16-30)20-9-11-21(12-10-20)28(3)4/h6-12,23H,13-17H2,1-5H3,(H,26,31)(H,27,32)/t23-/m1/s1. The lowest BCUT2D eigenvalue weighted by Gasteiger charge is -2.38. The fourth-order valence-electron chi connectivity index (χ4n) is 3.92. The summed E-state index contributed by atoms with van der Waals surface area (Å²) in [6.07, 6.45) is 0. The summed E-state index contributed by atoms with van der Waals surface area (Å²) in [6, 6.07) is 14.1. The van der Waals surface area contributed by atoms with Crippen LogP contribution < -0.4 is 15.5 Å². The van der Waals surface area contributed by atoms with Gasteiger partial charge in [-0.3, -0.25) is 14.5 Å². The summed E-state index contributed by atoms with van der Waals surface area (Å²) < 4.78 is 0. The number of rotatable bonds is 6. The summed E-state index contributed by atoms with van der Waals surface area (Å²) in [5.74, 6) is -1.26. The summed E-state index contributed by atoms with van der Waals surface area (Å²) >= 11 is 0. The Morgan fingerprint density at radius 2 is 1.62 bits per heavy atom. The molecule has 0 aromatic heterocycles. The van der Waals surface area contributed by atoms with Gasteiger partial charge in [0.1, 0.15) is 0 Å². The molecular formula is C25H35N5O2. The maximum atomic E-state index is 12.6. The molecule has 0 radical (unpaired) electrons. The lowest BCUT2D eigenvalue weighted by atomic mass is 10.0. The molecule has 2 amide bonds. The van der Waals surface area contributed by atoms with Gasteiger partial charge in [-0.25, -0.2) is 0 Å². The minimum Gasteiger partial charge on any atom is -0.378 e. The summed E-state index contributed by atoms with van der Waals surface area (Å²) in [6.45, 7) is 8.09. The van der Waals surface area contributed by atoms with E-state index in [2.05, 4.69) is 56.6 Å². The average Bonchev–Trinajstić information content (AvgIpc) is 2.78. The van der Waals surface area contributed by atoms with E-state index >= 15 is 0 Å². The minimum absolute atomic E-state index is 0.0115. The number of aryl methyl sites for hydroxylation is 1. The highest BCUT2D eigenvalue weighted by Crippen LogP contribution is 2.24. The summed E-state index contributed by atoms with van der Waals surface area (Å²) in [4.78, 5) is 31.9. The Hall–Kier alpha value is -2.90. The molecule has 0 spiro atoms. The molecule has 0 aliphatic carbocycles. The van der Waals surface area contributed by atoms with Crippen LogP contribution in [0, 0.1) is 13.8 Å². The zero-order valence-electron chi connectivity index (χ0n) is 19.8. The third-order valence-electron chi connectivity index (χ3n) is 6.29. The number of likely N-dealkylation sites (N-methyl/N-ethyl adjacent to an activating group) is 1. The predicted molar refractivity (Wildman–Crippen MR) is 130 cm³/mol. The molecule has 2 N–H and O–H groups in total. The van der Waals surface area contributed by atoms with Crippen LogP contribution in [0.15, 0.2) is 42.5 Å². The summed E-state index contributed by atoms with van der Waals surface area (Å²) in [5.41, 5.74) is 4.96. The molecule has 0 unspecified atom stereocenters. The monoisotopic (exact) mass is 437 g/mol. The molecule has 3 rings (SSSR count). The Morgan fingerprint density at radius 1 is 0.969 bits per heavy atom. The molecule has 2 aromatic rings. The second-order valence-corrected chi connectivity index (χ2v) is 8.75. The lowest BCUT2D eigenvalue weighted by Crippen LogP contribution is -2.49. The molecular weight excluding hydrogens is 402 g/mol. The van der Waals surface area contributed by atoms with Crippen molar-refractivity contribution in [3.05, 3.63) is 59.2 Å². The van der Waals surface area contributed by atoms with Gasteiger partial charge in [0.25, 0.3) is 0 Å². The Bertz CT molecular complexity index is 934. The van der Waals surface area contributed by atoms with Crippen molar-refractivity contribution in [2.45, 2.75) is 19.9 Å². The first-order chi connectivity index (χ1) is 15.3. The number of carbonyl (C=O) groups is 2. The molecule has 32 heavy (non-hydrogen) atoms. The molecule has 1 atom stereocenters. The van der Waals surface area contributed by atoms with Crippen LogP contribution in [0.25, 0.3) is 0 Å². The van der Waals surface area contributed by atoms with Crippen molar-refractivity contribution in [2.24, 2.45) is 0 Å². The van der Waals surface area contributed by atoms with Crippen molar-refractivity contribution in [2.75, 3.05) is 64.1 Å². The van der Waals surface area contributed by atoms with Gasteiger partial charge < -0.3 is 20.4 Å². The maximum absolute atomic E-state index is 12.6. The van der Waals surface area contributed by atoms with E-state index in [0.29, 0.717) is 12.2 Å². The molecule has 1 heterocycles. The molecule has 7 nitrogen and oxygen atoms in total. The second-order valence-electron chi connectivity index (χ2n) is 8.75. The van der Waals surface area contributed by atoms with Gasteiger partial charge in [0.2, 0.25) is 0 Å². The zero-order chi connectivity index (χ0) is 23.3. The Balaban J connectivity index is 1.69. The number of anilines is 2. The van der Waals surface area contributed by atoms with E-state index in [4.69, 9.17) is 0 Å². The van der Waals surface area contributed by atoms with Crippen molar-refractivity contribution >= 4 is 23.2 Å². The van der Waals surface area contributed by atoms with Crippen molar-refractivity contribution < 1.29 is 9.59 Å². The molecule has 1 fully saturated rings. The first-order valence-corrected chi connectivity index (χ1v) is 11.1. The number of nitrogens with one attached hydrogen (secondary N) is 2. The fourth-order valence-corrected chi connectivity index (χ4v) is 3.92. The van der Waals surface area contributed by atoms with E-state index < -0.39 is 11.8 Å². The highest BCUT2D eigenvalue weighted by Gasteiger charge is 2.25. The highest BCUT2D eigenvalue weighted by atomic mass is 16.2. The van der Waals surface area contributed by atoms with Gasteiger partial charge >= 0.3 is 11.8 Å². The van der Waals surface area contributed by atoms with Gasteiger partial charge in [0.05, 0.1) is 6.04 Å². The quantitative estimate of drug-likeness (QED) is 0.680. The number of carbonyl (C=O) groups excluding carboxylic acids is 2. The van der Waals surface area contributed by atoms with E-state index in [1.54, 1.807) is 0 Å². The summed E-state index contributed by atoms with van der Waals surface area (Å²) in [5, 5.41) is 5.61. The van der Waals surface area contributed by atoms with E-state index in [1.165, 1.54) is 0 Å². The smallest absolute Gasteiger partial charge is 0.313 e. The molecule has 0 saturated carbocycles. The molecule has 1 saturated heterocycles. The number of nitrogens with zero attached hydrogens (tertiary/aromatic N) is 3. The molecule has 7 heteroatoms. The Kier molecular flexibility index (Phi) is 7.88. The molecule has 172 valence electrons. The van der Waals surface area contributed by atoms with Gasteiger partial charge in [-0.05, 0) is 55.8 Å². The number of piperazine rings is 1. The Morgan fingerprint density at radius 3 is 2.25 bits per heavy atom. The number of amides is 2. The van der Waals surface area contributed by atoms with E-state index in [9.17, 15) is 9.59 Å². The third-order valence-corrected chi connectivity index (χ3v) is 6.29. The second kappa shape index (κ2) is 10.6. The average molecular weight is 438 g/mol. The lowest BCUT2D eigenvalue weighted by molar-refractivity contribution is -0.136. The number of hydrogen-bond donors (Lipinski definition) is 2. The minimum atomic E-state index is -0.640. The van der Waals surface area contributed by atoms with Gasteiger partial charge in [-0.1, -0.05) is 24.3 Å². The molecule has 1 aliphatic rings. The maximum Gasteiger partial charge on any atom is 0.313 e. The van der Waals surface area contributed by atoms with Crippen LogP contribution in [-0.2, 0) is 9.59 Å². The topological polar surface area (TPSA) is 67.9 Å². The van der Waals surface area contributed by atoms with Gasteiger partial charge in [-0.2, -0.15) is 0 Å². The highest BCUT2D eigenvalue weighted by molar-refractivity contribution is 6.39. The predicted octanol–water partition coefficient (Wildman–Crippen LogP) is 2.41.